The normalized spacial score (nSPS) is 16.4. The number of aromatic nitrogens is 4. The second-order valence-corrected chi connectivity index (χ2v) is 16.6. The number of nitrogens with zero attached hydrogens (tertiary/aromatic N) is 5. The molecule has 4 aromatic carbocycles. The van der Waals surface area contributed by atoms with Crippen molar-refractivity contribution in [3.05, 3.63) is 151 Å². The highest BCUT2D eigenvalue weighted by atomic mass is 79.9. The Morgan fingerprint density at radius 1 is 0.593 bits per heavy atom. The Hall–Kier alpha value is -5.46. The zero-order chi connectivity index (χ0) is 40.7. The monoisotopic (exact) mass is 854 g/mol. The molecule has 8 nitrogen and oxygen atoms in total. The molecule has 1 N–H and O–H groups in total. The van der Waals surface area contributed by atoms with Gasteiger partial charge in [0.1, 0.15) is 23.3 Å². The number of benzene rings is 4. The standard InChI is InChI=1S/C24H22FN3O.C20H16FN3O.C4H7Br/c25-19-4-1-3-17(15-19)7-8-18-9-10-21-22(16-18)26-23-11-12-27(20-5-2-6-20)13-14-28(23)24(21)29;21-16-3-1-2-14(12-16)4-5-15-6-7-17-18(13-15)23-19-8-9-22-10-11-24(19)20(17)25;5-4-2-1-3-4/h1,3-4,9-10,15-16,20H,2,5-6,11-14H2;1-3,6-7,12-13,22H,8-11H2;4H,1-3H2. The van der Waals surface area contributed by atoms with E-state index in [-0.39, 0.29) is 22.8 Å². The molecule has 2 saturated carbocycles. The highest BCUT2D eigenvalue weighted by Crippen LogP contribution is 2.26. The Morgan fingerprint density at radius 2 is 1.10 bits per heavy atom. The van der Waals surface area contributed by atoms with Crippen molar-refractivity contribution in [3.8, 4) is 23.7 Å². The van der Waals surface area contributed by atoms with Crippen molar-refractivity contribution < 1.29 is 8.78 Å². The Labute approximate surface area is 350 Å². The molecule has 6 aromatic rings. The van der Waals surface area contributed by atoms with Gasteiger partial charge in [0.05, 0.1) is 21.8 Å². The first-order valence-corrected chi connectivity index (χ1v) is 21.4. The minimum absolute atomic E-state index is 0.00617. The van der Waals surface area contributed by atoms with E-state index in [0.29, 0.717) is 52.1 Å². The topological polar surface area (TPSA) is 85.1 Å². The fourth-order valence-corrected chi connectivity index (χ4v) is 8.18. The van der Waals surface area contributed by atoms with Crippen LogP contribution in [0, 0.1) is 35.3 Å². The smallest absolute Gasteiger partial charge is 0.261 e. The molecule has 300 valence electrons. The van der Waals surface area contributed by atoms with Crippen LogP contribution >= 0.6 is 15.9 Å². The molecule has 0 spiro atoms. The second kappa shape index (κ2) is 18.6. The predicted octanol–water partition coefficient (Wildman–Crippen LogP) is 7.36. The summed E-state index contributed by atoms with van der Waals surface area (Å²) in [6.07, 6.45) is 9.62. The summed E-state index contributed by atoms with van der Waals surface area (Å²) in [6, 6.07) is 24.0. The maximum absolute atomic E-state index is 13.3. The molecule has 0 saturated heterocycles. The molecular formula is C48H45BrF2N6O2. The van der Waals surface area contributed by atoms with E-state index in [1.54, 1.807) is 41.0 Å². The zero-order valence-corrected chi connectivity index (χ0v) is 34.4. The largest absolute Gasteiger partial charge is 0.315 e. The van der Waals surface area contributed by atoms with E-state index in [1.165, 1.54) is 62.8 Å². The molecule has 0 unspecified atom stereocenters. The van der Waals surface area contributed by atoms with Crippen LogP contribution < -0.4 is 16.4 Å². The van der Waals surface area contributed by atoms with Crippen LogP contribution in [0.5, 0.6) is 0 Å². The molecule has 2 fully saturated rings. The number of nitrogens with one attached hydrogen (secondary N) is 1. The van der Waals surface area contributed by atoms with Crippen LogP contribution in [0.25, 0.3) is 21.8 Å². The number of hydrogen-bond acceptors (Lipinski definition) is 6. The number of rotatable bonds is 1. The van der Waals surface area contributed by atoms with Crippen LogP contribution in [0.15, 0.2) is 94.5 Å². The molecule has 0 radical (unpaired) electrons. The summed E-state index contributed by atoms with van der Waals surface area (Å²) in [5.74, 6) is 13.0. The lowest BCUT2D eigenvalue weighted by molar-refractivity contribution is 0.130. The molecule has 0 amide bonds. The summed E-state index contributed by atoms with van der Waals surface area (Å²) in [7, 11) is 0. The van der Waals surface area contributed by atoms with Gasteiger partial charge in [-0.1, -0.05) is 64.6 Å². The molecule has 11 heteroatoms. The van der Waals surface area contributed by atoms with Crippen LogP contribution in [0.1, 0.15) is 72.4 Å². The summed E-state index contributed by atoms with van der Waals surface area (Å²) in [5.41, 5.74) is 4.12. The maximum atomic E-state index is 13.3. The van der Waals surface area contributed by atoms with E-state index < -0.39 is 0 Å². The molecular weight excluding hydrogens is 810 g/mol. The van der Waals surface area contributed by atoms with E-state index in [1.807, 2.05) is 28.8 Å². The molecule has 2 aliphatic carbocycles. The van der Waals surface area contributed by atoms with Gasteiger partial charge in [0.2, 0.25) is 0 Å². The molecule has 4 aliphatic rings. The lowest BCUT2D eigenvalue weighted by Gasteiger charge is -2.36. The molecule has 2 aromatic heterocycles. The van der Waals surface area contributed by atoms with Gasteiger partial charge in [0.15, 0.2) is 0 Å². The molecule has 10 rings (SSSR count). The van der Waals surface area contributed by atoms with E-state index in [9.17, 15) is 18.4 Å². The minimum Gasteiger partial charge on any atom is -0.315 e. The average Bonchev–Trinajstić information content (AvgIpc) is 3.58. The summed E-state index contributed by atoms with van der Waals surface area (Å²) in [5, 5.41) is 4.50. The van der Waals surface area contributed by atoms with Crippen LogP contribution in [0.3, 0.4) is 0 Å². The minimum atomic E-state index is -0.309. The number of alkyl halides is 1. The molecule has 2 aliphatic heterocycles. The Balaban J connectivity index is 0.000000148. The van der Waals surface area contributed by atoms with Crippen LogP contribution in [-0.4, -0.2) is 61.1 Å². The van der Waals surface area contributed by atoms with Gasteiger partial charge in [-0.05, 0) is 98.5 Å². The maximum Gasteiger partial charge on any atom is 0.261 e. The van der Waals surface area contributed by atoms with Crippen LogP contribution in [-0.2, 0) is 25.9 Å². The van der Waals surface area contributed by atoms with Gasteiger partial charge < -0.3 is 5.32 Å². The van der Waals surface area contributed by atoms with Crippen molar-refractivity contribution in [2.75, 3.05) is 26.2 Å². The summed E-state index contributed by atoms with van der Waals surface area (Å²) in [6.45, 7) is 4.81. The highest BCUT2D eigenvalue weighted by molar-refractivity contribution is 9.09. The van der Waals surface area contributed by atoms with Gasteiger partial charge in [0.25, 0.3) is 11.1 Å². The van der Waals surface area contributed by atoms with Gasteiger partial charge in [-0.25, -0.2) is 18.7 Å². The molecule has 0 bridgehead atoms. The third-order valence-corrected chi connectivity index (χ3v) is 12.2. The van der Waals surface area contributed by atoms with Gasteiger partial charge in [-0.3, -0.25) is 23.6 Å². The van der Waals surface area contributed by atoms with E-state index in [2.05, 4.69) is 54.8 Å². The Bertz CT molecular complexity index is 2750. The quantitative estimate of drug-likeness (QED) is 0.138. The Morgan fingerprint density at radius 3 is 1.59 bits per heavy atom. The van der Waals surface area contributed by atoms with Crippen LogP contribution in [0.4, 0.5) is 8.78 Å². The summed E-state index contributed by atoms with van der Waals surface area (Å²) >= 11 is 3.46. The van der Waals surface area contributed by atoms with Crippen molar-refractivity contribution in [1.29, 1.82) is 0 Å². The fourth-order valence-electron chi connectivity index (χ4n) is 7.53. The van der Waals surface area contributed by atoms with E-state index >= 15 is 0 Å². The fraction of sp³-hybridized carbons (Fsp3) is 0.333. The zero-order valence-electron chi connectivity index (χ0n) is 32.8. The molecule has 4 heterocycles. The number of halogens is 3. The lowest BCUT2D eigenvalue weighted by atomic mass is 9.91. The van der Waals surface area contributed by atoms with Crippen molar-refractivity contribution >= 4 is 37.7 Å². The SMILES string of the molecule is BrC1CCC1.O=c1c2ccc(C#Cc3cccc(F)c3)cc2nc2n1CCN(C1CCC1)CC2.O=c1c2ccc(C#Cc3cccc(F)c3)cc2nc2n1CCNCC2. The Kier molecular flexibility index (Phi) is 12.7. The van der Waals surface area contributed by atoms with Crippen molar-refractivity contribution in [1.82, 2.24) is 29.3 Å². The first-order chi connectivity index (χ1) is 28.8. The van der Waals surface area contributed by atoms with Gasteiger partial charge in [-0.15, -0.1) is 0 Å². The summed E-state index contributed by atoms with van der Waals surface area (Å²) in [4.78, 5) is 38.6. The first kappa shape index (κ1) is 40.3. The average molecular weight is 856 g/mol. The van der Waals surface area contributed by atoms with Gasteiger partial charge >= 0.3 is 0 Å². The highest BCUT2D eigenvalue weighted by Gasteiger charge is 2.27. The van der Waals surface area contributed by atoms with Crippen molar-refractivity contribution in [3.63, 3.8) is 0 Å². The third-order valence-electron chi connectivity index (χ3n) is 11.3. The molecule has 0 atom stereocenters. The number of fused-ring (bicyclic) bond motifs is 4. The van der Waals surface area contributed by atoms with Crippen LogP contribution in [0.2, 0.25) is 0 Å². The summed E-state index contributed by atoms with van der Waals surface area (Å²) < 4.78 is 30.1. The van der Waals surface area contributed by atoms with Crippen molar-refractivity contribution in [2.45, 2.75) is 75.3 Å². The van der Waals surface area contributed by atoms with Gasteiger partial charge in [0, 0.05) is 85.2 Å². The van der Waals surface area contributed by atoms with Crippen molar-refractivity contribution in [2.24, 2.45) is 0 Å². The lowest BCUT2D eigenvalue weighted by Crippen LogP contribution is -2.41. The predicted molar refractivity (Wildman–Crippen MR) is 233 cm³/mol. The number of hydrogen-bond donors (Lipinski definition) is 1. The van der Waals surface area contributed by atoms with E-state index in [0.717, 1.165) is 66.6 Å². The third kappa shape index (κ3) is 9.88. The first-order valence-electron chi connectivity index (χ1n) is 20.5. The van der Waals surface area contributed by atoms with E-state index in [4.69, 9.17) is 4.98 Å². The second-order valence-electron chi connectivity index (χ2n) is 15.4. The molecule has 59 heavy (non-hydrogen) atoms. The van der Waals surface area contributed by atoms with Gasteiger partial charge in [-0.2, -0.15) is 0 Å².